The minimum Gasteiger partial charge on any atom is -0.387 e. The van der Waals surface area contributed by atoms with Gasteiger partial charge in [0.1, 0.15) is 13.2 Å². The summed E-state index contributed by atoms with van der Waals surface area (Å²) in [4.78, 5) is 23.2. The molecule has 9 heteroatoms. The van der Waals surface area contributed by atoms with E-state index >= 15 is 0 Å². The van der Waals surface area contributed by atoms with Crippen LogP contribution in [0.3, 0.4) is 0 Å². The van der Waals surface area contributed by atoms with Crippen LogP contribution in [0.25, 0.3) is 0 Å². The molecule has 1 amide bonds. The maximum atomic E-state index is 13.0. The minimum atomic E-state index is -4.35. The lowest BCUT2D eigenvalue weighted by Crippen LogP contribution is -2.45. The second kappa shape index (κ2) is 48.7. The van der Waals surface area contributed by atoms with Crippen molar-refractivity contribution >= 4 is 13.7 Å². The fraction of sp³-hybridized carbons (Fsp3) is 0.877. The smallest absolute Gasteiger partial charge is 0.387 e. The van der Waals surface area contributed by atoms with Gasteiger partial charge in [-0.2, -0.15) is 0 Å². The lowest BCUT2D eigenvalue weighted by Gasteiger charge is -2.25. The molecule has 66 heavy (non-hydrogen) atoms. The van der Waals surface area contributed by atoms with Crippen LogP contribution in [0.4, 0.5) is 0 Å². The average molecular weight is 953 g/mol. The second-order valence-corrected chi connectivity index (χ2v) is 22.1. The van der Waals surface area contributed by atoms with E-state index in [0.29, 0.717) is 17.4 Å². The number of amides is 1. The molecular formula is C57H112N2O6P+. The summed E-state index contributed by atoms with van der Waals surface area (Å²) in [6.07, 6.45) is 62.5. The second-order valence-electron chi connectivity index (χ2n) is 20.7. The summed E-state index contributed by atoms with van der Waals surface area (Å²) in [5.41, 5.74) is 0. The van der Waals surface area contributed by atoms with Crippen molar-refractivity contribution in [3.05, 3.63) is 36.5 Å². The molecule has 3 atom stereocenters. The number of likely N-dealkylation sites (N-methyl/N-ethyl adjacent to an activating group) is 1. The van der Waals surface area contributed by atoms with Crippen molar-refractivity contribution in [3.8, 4) is 0 Å². The van der Waals surface area contributed by atoms with Gasteiger partial charge in [0, 0.05) is 6.42 Å². The van der Waals surface area contributed by atoms with Crippen LogP contribution in [0.2, 0.25) is 0 Å². The van der Waals surface area contributed by atoms with Crippen molar-refractivity contribution in [2.45, 2.75) is 283 Å². The fourth-order valence-corrected chi connectivity index (χ4v) is 9.08. The van der Waals surface area contributed by atoms with E-state index in [1.54, 1.807) is 6.08 Å². The van der Waals surface area contributed by atoms with E-state index in [2.05, 4.69) is 43.5 Å². The molecule has 0 heterocycles. The van der Waals surface area contributed by atoms with Gasteiger partial charge in [-0.3, -0.25) is 13.8 Å². The van der Waals surface area contributed by atoms with Gasteiger partial charge in [-0.1, -0.05) is 243 Å². The van der Waals surface area contributed by atoms with E-state index in [9.17, 15) is 19.4 Å². The van der Waals surface area contributed by atoms with Crippen LogP contribution in [0.15, 0.2) is 36.5 Å². The molecule has 0 saturated carbocycles. The van der Waals surface area contributed by atoms with Gasteiger partial charge >= 0.3 is 7.82 Å². The summed E-state index contributed by atoms with van der Waals surface area (Å²) in [6.45, 7) is 4.81. The quantitative estimate of drug-likeness (QED) is 0.0243. The Morgan fingerprint density at radius 2 is 0.833 bits per heavy atom. The Bertz CT molecular complexity index is 1170. The third-order valence-electron chi connectivity index (χ3n) is 12.8. The zero-order valence-corrected chi connectivity index (χ0v) is 45.3. The lowest BCUT2D eigenvalue weighted by molar-refractivity contribution is -0.870. The van der Waals surface area contributed by atoms with Gasteiger partial charge < -0.3 is 19.8 Å². The molecule has 390 valence electrons. The number of hydrogen-bond acceptors (Lipinski definition) is 5. The SMILES string of the molecule is CCCCCCCCCC/C=C\CCCCCCCCCCCCCCCCCCCC(=O)NC(COP(=O)(O)OCC[N+](C)(C)C)C(O)/C=C/CC/C=C/CCCCCCCCCCC. The van der Waals surface area contributed by atoms with Crippen LogP contribution in [-0.4, -0.2) is 73.4 Å². The zero-order valence-electron chi connectivity index (χ0n) is 44.4. The van der Waals surface area contributed by atoms with Crippen molar-refractivity contribution in [1.29, 1.82) is 0 Å². The molecule has 0 aromatic carbocycles. The highest BCUT2D eigenvalue weighted by atomic mass is 31.2. The van der Waals surface area contributed by atoms with Crippen LogP contribution in [0.5, 0.6) is 0 Å². The normalized spacial score (nSPS) is 14.2. The number of phosphoric ester groups is 1. The molecule has 3 N–H and O–H groups in total. The topological polar surface area (TPSA) is 105 Å². The molecule has 8 nitrogen and oxygen atoms in total. The van der Waals surface area contributed by atoms with Gasteiger partial charge in [-0.05, 0) is 57.8 Å². The molecule has 0 fully saturated rings. The first-order valence-electron chi connectivity index (χ1n) is 28.4. The molecule has 0 radical (unpaired) electrons. The number of aliphatic hydroxyl groups is 1. The number of phosphoric acid groups is 1. The number of rotatable bonds is 52. The first kappa shape index (κ1) is 64.7. The number of carbonyl (C=O) groups excluding carboxylic acids is 1. The maximum absolute atomic E-state index is 13.0. The maximum Gasteiger partial charge on any atom is 0.472 e. The van der Waals surface area contributed by atoms with Crippen LogP contribution < -0.4 is 5.32 Å². The molecule has 0 rings (SSSR count). The number of aliphatic hydroxyl groups excluding tert-OH is 1. The summed E-state index contributed by atoms with van der Waals surface area (Å²) in [5, 5.41) is 13.9. The van der Waals surface area contributed by atoms with Crippen molar-refractivity contribution in [2.24, 2.45) is 0 Å². The summed E-state index contributed by atoms with van der Waals surface area (Å²) >= 11 is 0. The van der Waals surface area contributed by atoms with E-state index in [1.807, 2.05) is 27.2 Å². The highest BCUT2D eigenvalue weighted by molar-refractivity contribution is 7.47. The van der Waals surface area contributed by atoms with E-state index in [-0.39, 0.29) is 19.1 Å². The number of unbranched alkanes of at least 4 members (excludes halogenated alkanes) is 35. The van der Waals surface area contributed by atoms with E-state index in [0.717, 1.165) is 38.5 Å². The van der Waals surface area contributed by atoms with Gasteiger partial charge in [-0.15, -0.1) is 0 Å². The predicted octanol–water partition coefficient (Wildman–Crippen LogP) is 17.0. The van der Waals surface area contributed by atoms with Gasteiger partial charge in [0.15, 0.2) is 0 Å². The van der Waals surface area contributed by atoms with Crippen molar-refractivity contribution in [2.75, 3.05) is 40.9 Å². The van der Waals surface area contributed by atoms with Crippen molar-refractivity contribution in [1.82, 2.24) is 5.32 Å². The molecule has 0 aromatic rings. The molecule has 0 aliphatic heterocycles. The highest BCUT2D eigenvalue weighted by Crippen LogP contribution is 2.43. The van der Waals surface area contributed by atoms with Gasteiger partial charge in [-0.25, -0.2) is 4.57 Å². The van der Waals surface area contributed by atoms with Crippen molar-refractivity contribution < 1.29 is 32.9 Å². The molecule has 0 bridgehead atoms. The number of nitrogens with zero attached hydrogens (tertiary/aromatic N) is 1. The van der Waals surface area contributed by atoms with Gasteiger partial charge in [0.05, 0.1) is 39.9 Å². The third kappa shape index (κ3) is 50.6. The predicted molar refractivity (Wildman–Crippen MR) is 286 cm³/mol. The zero-order chi connectivity index (χ0) is 48.5. The Morgan fingerprint density at radius 3 is 1.21 bits per heavy atom. The number of allylic oxidation sites excluding steroid dienone is 5. The fourth-order valence-electron chi connectivity index (χ4n) is 8.35. The van der Waals surface area contributed by atoms with E-state index in [4.69, 9.17) is 9.05 Å². The van der Waals surface area contributed by atoms with Crippen LogP contribution in [0.1, 0.15) is 271 Å². The molecular weight excluding hydrogens is 840 g/mol. The number of carbonyl (C=O) groups is 1. The van der Waals surface area contributed by atoms with E-state index < -0.39 is 20.0 Å². The van der Waals surface area contributed by atoms with Crippen LogP contribution in [-0.2, 0) is 18.4 Å². The first-order chi connectivity index (χ1) is 32.0. The minimum absolute atomic E-state index is 0.0574. The number of nitrogens with one attached hydrogen (secondary N) is 1. The largest absolute Gasteiger partial charge is 0.472 e. The number of hydrogen-bond donors (Lipinski definition) is 3. The standard InChI is InChI=1S/C57H111N2O6P/c1-6-8-10-12-14-16-18-20-22-23-24-25-26-27-28-29-30-31-32-33-34-35-37-39-41-43-45-47-49-51-57(61)58-55(54-65-66(62,63)64-53-52-59(3,4)5)56(60)50-48-46-44-42-40-38-36-21-19-17-15-13-11-9-7-2/h23-24,40,42,48,50,55-56,60H,6-22,25-39,41,43-47,49,51-54H2,1-5H3,(H-,58,61,62,63)/p+1/b24-23-,42-40+,50-48+. The lowest BCUT2D eigenvalue weighted by atomic mass is 10.0. The van der Waals surface area contributed by atoms with Crippen molar-refractivity contribution in [3.63, 3.8) is 0 Å². The Morgan fingerprint density at radius 1 is 0.500 bits per heavy atom. The Hall–Kier alpha value is -1.28. The van der Waals surface area contributed by atoms with Gasteiger partial charge in [0.2, 0.25) is 5.91 Å². The molecule has 0 spiro atoms. The molecule has 0 aliphatic carbocycles. The van der Waals surface area contributed by atoms with Crippen LogP contribution >= 0.6 is 7.82 Å². The molecule has 0 aliphatic rings. The van der Waals surface area contributed by atoms with E-state index in [1.165, 1.54) is 212 Å². The highest BCUT2D eigenvalue weighted by Gasteiger charge is 2.27. The summed E-state index contributed by atoms with van der Waals surface area (Å²) in [5.74, 6) is -0.183. The monoisotopic (exact) mass is 952 g/mol. The van der Waals surface area contributed by atoms with Gasteiger partial charge in [0.25, 0.3) is 0 Å². The third-order valence-corrected chi connectivity index (χ3v) is 13.8. The first-order valence-corrected chi connectivity index (χ1v) is 29.9. The average Bonchev–Trinajstić information content (AvgIpc) is 3.28. The summed E-state index contributed by atoms with van der Waals surface area (Å²) in [7, 11) is 1.56. The molecule has 3 unspecified atom stereocenters. The molecule has 0 saturated heterocycles. The Kier molecular flexibility index (Phi) is 47.8. The van der Waals surface area contributed by atoms with Crippen LogP contribution in [0, 0.1) is 0 Å². The number of quaternary nitrogens is 1. The summed E-state index contributed by atoms with van der Waals surface area (Å²) in [6, 6.07) is -0.861. The molecule has 0 aromatic heterocycles. The summed E-state index contributed by atoms with van der Waals surface area (Å²) < 4.78 is 23.6. The Balaban J connectivity index is 4.12. The Labute approximate surface area is 410 Å².